The molecule has 1 saturated heterocycles. The average molecular weight is 235 g/mol. The second-order valence-electron chi connectivity index (χ2n) is 4.47. The number of likely N-dealkylation sites (tertiary alicyclic amines) is 1. The monoisotopic (exact) mass is 235 g/mol. The smallest absolute Gasteiger partial charge is 0.0718 e. The highest BCUT2D eigenvalue weighted by Gasteiger charge is 2.22. The van der Waals surface area contributed by atoms with E-state index in [4.69, 9.17) is 4.74 Å². The minimum Gasteiger partial charge on any atom is -0.373 e. The van der Waals surface area contributed by atoms with Gasteiger partial charge in [0.2, 0.25) is 0 Å². The quantitative estimate of drug-likeness (QED) is 0.703. The number of hydrogen-bond donors (Lipinski definition) is 0. The first-order valence-corrected chi connectivity index (χ1v) is 6.28. The first kappa shape index (κ1) is 12.3. The van der Waals surface area contributed by atoms with Crippen molar-refractivity contribution in [2.75, 3.05) is 19.7 Å². The third-order valence-electron chi connectivity index (χ3n) is 3.10. The Bertz CT molecular complexity index is 361. The number of nitrogens with zero attached hydrogens (tertiary/aromatic N) is 3. The lowest BCUT2D eigenvalue weighted by Gasteiger charge is -2.14. The summed E-state index contributed by atoms with van der Waals surface area (Å²) in [5.74, 6) is 0. The Balaban J connectivity index is 1.78. The molecule has 0 aliphatic carbocycles. The van der Waals surface area contributed by atoms with E-state index in [-0.39, 0.29) is 0 Å². The number of ether oxygens (including phenoxy) is 1. The number of aromatic nitrogens is 2. The summed E-state index contributed by atoms with van der Waals surface area (Å²) in [5.41, 5.74) is 1.29. The average Bonchev–Trinajstić information content (AvgIpc) is 2.96. The fourth-order valence-corrected chi connectivity index (χ4v) is 2.20. The summed E-state index contributed by atoms with van der Waals surface area (Å²) in [4.78, 5) is 2.42. The topological polar surface area (TPSA) is 30.3 Å². The lowest BCUT2D eigenvalue weighted by molar-refractivity contribution is 0.0796. The van der Waals surface area contributed by atoms with E-state index in [1.165, 1.54) is 5.56 Å². The van der Waals surface area contributed by atoms with E-state index in [1.807, 2.05) is 17.0 Å². The first-order valence-electron chi connectivity index (χ1n) is 6.28. The maximum absolute atomic E-state index is 5.67. The molecule has 1 fully saturated rings. The summed E-state index contributed by atoms with van der Waals surface area (Å²) in [5, 5.41) is 4.29. The SMILES string of the molecule is C=CCO[C@@H]1CCN(Cc2cnn(CC)c2)C1. The van der Waals surface area contributed by atoms with Crippen molar-refractivity contribution in [1.29, 1.82) is 0 Å². The van der Waals surface area contributed by atoms with Crippen molar-refractivity contribution in [3.05, 3.63) is 30.6 Å². The first-order chi connectivity index (χ1) is 8.31. The molecule has 0 bridgehead atoms. The summed E-state index contributed by atoms with van der Waals surface area (Å²) >= 11 is 0. The zero-order valence-corrected chi connectivity index (χ0v) is 10.5. The normalized spacial score (nSPS) is 20.9. The molecule has 1 aliphatic rings. The van der Waals surface area contributed by atoms with E-state index in [2.05, 4.69) is 29.7 Å². The van der Waals surface area contributed by atoms with E-state index in [1.54, 1.807) is 0 Å². The van der Waals surface area contributed by atoms with E-state index in [0.717, 1.165) is 32.6 Å². The Morgan fingerprint density at radius 1 is 1.65 bits per heavy atom. The number of hydrogen-bond acceptors (Lipinski definition) is 3. The van der Waals surface area contributed by atoms with Crippen LogP contribution >= 0.6 is 0 Å². The fraction of sp³-hybridized carbons (Fsp3) is 0.615. The van der Waals surface area contributed by atoms with Crippen molar-refractivity contribution in [1.82, 2.24) is 14.7 Å². The zero-order chi connectivity index (χ0) is 12.1. The molecule has 0 radical (unpaired) electrons. The molecule has 0 unspecified atom stereocenters. The zero-order valence-electron chi connectivity index (χ0n) is 10.5. The molecule has 0 spiro atoms. The molecule has 1 atom stereocenters. The Morgan fingerprint density at radius 2 is 2.53 bits per heavy atom. The predicted octanol–water partition coefficient (Wildman–Crippen LogP) is 1.68. The largest absolute Gasteiger partial charge is 0.373 e. The van der Waals surface area contributed by atoms with Gasteiger partial charge in [-0.15, -0.1) is 6.58 Å². The van der Waals surface area contributed by atoms with E-state index >= 15 is 0 Å². The minimum atomic E-state index is 0.370. The van der Waals surface area contributed by atoms with Crippen molar-refractivity contribution in [3.8, 4) is 0 Å². The van der Waals surface area contributed by atoms with Crippen LogP contribution < -0.4 is 0 Å². The van der Waals surface area contributed by atoms with Crippen LogP contribution in [0.25, 0.3) is 0 Å². The molecule has 1 aromatic rings. The summed E-state index contributed by atoms with van der Waals surface area (Å²) in [6.45, 7) is 10.5. The van der Waals surface area contributed by atoms with Gasteiger partial charge in [-0.25, -0.2) is 0 Å². The molecule has 1 aromatic heterocycles. The predicted molar refractivity (Wildman–Crippen MR) is 67.7 cm³/mol. The fourth-order valence-electron chi connectivity index (χ4n) is 2.20. The van der Waals surface area contributed by atoms with Crippen LogP contribution in [0.1, 0.15) is 18.9 Å². The van der Waals surface area contributed by atoms with Crippen molar-refractivity contribution in [2.45, 2.75) is 32.5 Å². The van der Waals surface area contributed by atoms with Gasteiger partial charge in [-0.2, -0.15) is 5.10 Å². The summed E-state index contributed by atoms with van der Waals surface area (Å²) in [6.07, 6.45) is 7.39. The molecule has 94 valence electrons. The van der Waals surface area contributed by atoms with Gasteiger partial charge in [0.1, 0.15) is 0 Å². The number of aryl methyl sites for hydroxylation is 1. The van der Waals surface area contributed by atoms with Crippen molar-refractivity contribution < 1.29 is 4.74 Å². The van der Waals surface area contributed by atoms with Crippen molar-refractivity contribution in [3.63, 3.8) is 0 Å². The highest BCUT2D eigenvalue weighted by Crippen LogP contribution is 2.15. The van der Waals surface area contributed by atoms with Crippen LogP contribution in [-0.4, -0.2) is 40.5 Å². The molecule has 4 heteroatoms. The Morgan fingerprint density at radius 3 is 3.24 bits per heavy atom. The number of rotatable bonds is 6. The van der Waals surface area contributed by atoms with Gasteiger partial charge in [-0.3, -0.25) is 9.58 Å². The van der Waals surface area contributed by atoms with Crippen LogP contribution in [0.5, 0.6) is 0 Å². The van der Waals surface area contributed by atoms with Crippen LogP contribution in [0.15, 0.2) is 25.0 Å². The van der Waals surface area contributed by atoms with Crippen LogP contribution in [0.4, 0.5) is 0 Å². The summed E-state index contributed by atoms with van der Waals surface area (Å²) in [7, 11) is 0. The van der Waals surface area contributed by atoms with Crippen LogP contribution in [0, 0.1) is 0 Å². The van der Waals surface area contributed by atoms with Gasteiger partial charge in [0.05, 0.1) is 18.9 Å². The molecule has 0 aromatic carbocycles. The molecular weight excluding hydrogens is 214 g/mol. The van der Waals surface area contributed by atoms with Crippen LogP contribution in [0.2, 0.25) is 0 Å². The molecule has 2 rings (SSSR count). The van der Waals surface area contributed by atoms with Crippen LogP contribution in [0.3, 0.4) is 0 Å². The minimum absolute atomic E-state index is 0.370. The Hall–Kier alpha value is -1.13. The highest BCUT2D eigenvalue weighted by atomic mass is 16.5. The second-order valence-corrected chi connectivity index (χ2v) is 4.47. The van der Waals surface area contributed by atoms with E-state index in [0.29, 0.717) is 12.7 Å². The maximum Gasteiger partial charge on any atom is 0.0718 e. The maximum atomic E-state index is 5.67. The third kappa shape index (κ3) is 3.41. The molecular formula is C13H21N3O. The standard InChI is InChI=1S/C13H21N3O/c1-3-7-17-13-5-6-15(11-13)9-12-8-14-16(4-2)10-12/h3,8,10,13H,1,4-7,9,11H2,2H3/t13-/m1/s1. The second kappa shape index (κ2) is 5.98. The van der Waals surface area contributed by atoms with Crippen molar-refractivity contribution in [2.24, 2.45) is 0 Å². The van der Waals surface area contributed by atoms with Gasteiger partial charge in [0.25, 0.3) is 0 Å². The van der Waals surface area contributed by atoms with Gasteiger partial charge in [0.15, 0.2) is 0 Å². The van der Waals surface area contributed by atoms with E-state index < -0.39 is 0 Å². The molecule has 0 amide bonds. The van der Waals surface area contributed by atoms with E-state index in [9.17, 15) is 0 Å². The molecule has 2 heterocycles. The van der Waals surface area contributed by atoms with Crippen molar-refractivity contribution >= 4 is 0 Å². The summed E-state index contributed by atoms with van der Waals surface area (Å²) in [6, 6.07) is 0. The molecule has 17 heavy (non-hydrogen) atoms. The Labute approximate surface area is 103 Å². The molecule has 4 nitrogen and oxygen atoms in total. The lowest BCUT2D eigenvalue weighted by atomic mass is 10.3. The van der Waals surface area contributed by atoms with Crippen LogP contribution in [-0.2, 0) is 17.8 Å². The Kier molecular flexibility index (Phi) is 4.34. The highest BCUT2D eigenvalue weighted by molar-refractivity contribution is 5.04. The van der Waals surface area contributed by atoms with Gasteiger partial charge >= 0.3 is 0 Å². The molecule has 1 aliphatic heterocycles. The van der Waals surface area contributed by atoms with Gasteiger partial charge in [-0.05, 0) is 13.3 Å². The lowest BCUT2D eigenvalue weighted by Crippen LogP contribution is -2.22. The molecule has 0 saturated carbocycles. The third-order valence-corrected chi connectivity index (χ3v) is 3.10. The summed E-state index contributed by atoms with van der Waals surface area (Å²) < 4.78 is 7.64. The van der Waals surface area contributed by atoms with Gasteiger partial charge in [0, 0.05) is 37.9 Å². The molecule has 0 N–H and O–H groups in total. The van der Waals surface area contributed by atoms with Gasteiger partial charge in [-0.1, -0.05) is 6.08 Å². The van der Waals surface area contributed by atoms with Gasteiger partial charge < -0.3 is 4.74 Å².